The van der Waals surface area contributed by atoms with Gasteiger partial charge in [0.1, 0.15) is 12.6 Å². The van der Waals surface area contributed by atoms with Gasteiger partial charge >= 0.3 is 0 Å². The molecule has 0 saturated heterocycles. The van der Waals surface area contributed by atoms with Gasteiger partial charge in [-0.15, -0.1) is 0 Å². The monoisotopic (exact) mass is 633 g/mol. The molecule has 2 amide bonds. The number of hydrogen-bond donors (Lipinski definition) is 1. The Morgan fingerprint density at radius 2 is 1.69 bits per heavy atom. The maximum Gasteiger partial charge on any atom is 0.244 e. The lowest BCUT2D eigenvalue weighted by molar-refractivity contribution is -0.140. The first-order valence-electron chi connectivity index (χ1n) is 12.6. The molecule has 0 fully saturated rings. The third-order valence-corrected chi connectivity index (χ3v) is 8.02. The molecule has 0 unspecified atom stereocenters. The first-order valence-corrected chi connectivity index (χ1v) is 15.6. The lowest BCUT2D eigenvalue weighted by Gasteiger charge is -2.34. The molecule has 10 heteroatoms. The van der Waals surface area contributed by atoms with E-state index in [1.165, 1.54) is 4.90 Å². The summed E-state index contributed by atoms with van der Waals surface area (Å²) in [6, 6.07) is 20.9. The minimum Gasteiger partial charge on any atom is -0.354 e. The van der Waals surface area contributed by atoms with Gasteiger partial charge < -0.3 is 10.2 Å². The van der Waals surface area contributed by atoms with E-state index in [1.54, 1.807) is 25.1 Å². The summed E-state index contributed by atoms with van der Waals surface area (Å²) < 4.78 is 27.7. The number of aryl methyl sites for hydroxylation is 1. The molecule has 3 aromatic carbocycles. The molecule has 0 aliphatic heterocycles. The smallest absolute Gasteiger partial charge is 0.244 e. The third-order valence-electron chi connectivity index (χ3n) is 6.17. The van der Waals surface area contributed by atoms with E-state index < -0.39 is 28.5 Å². The van der Waals surface area contributed by atoms with Crippen molar-refractivity contribution in [3.63, 3.8) is 0 Å². The summed E-state index contributed by atoms with van der Waals surface area (Å²) in [6.07, 6.45) is 2.07. The average molecular weight is 635 g/mol. The predicted molar refractivity (Wildman–Crippen MR) is 160 cm³/mol. The van der Waals surface area contributed by atoms with Gasteiger partial charge in [-0.1, -0.05) is 76.9 Å². The standard InChI is InChI=1S/C29H33BrClN3O4S/c1-4-15-32-29(36)27(18-22-9-6-5-7-10-22)33(19-23-11-8-12-24(30)17-23)28(35)20-34(39(3,37)38)26-14-13-25(31)16-21(26)2/h5-14,16-17,27H,4,15,18-20H2,1-3H3,(H,32,36)/t27-/m0/s1. The van der Waals surface area contributed by atoms with Gasteiger partial charge in [0, 0.05) is 29.0 Å². The summed E-state index contributed by atoms with van der Waals surface area (Å²) >= 11 is 9.57. The number of benzene rings is 3. The molecule has 0 bridgehead atoms. The van der Waals surface area contributed by atoms with Crippen LogP contribution in [-0.2, 0) is 32.6 Å². The molecule has 0 aliphatic carbocycles. The summed E-state index contributed by atoms with van der Waals surface area (Å²) in [7, 11) is -3.85. The second-order valence-corrected chi connectivity index (χ2v) is 12.6. The molecule has 3 rings (SSSR count). The molecule has 0 spiro atoms. The average Bonchev–Trinajstić information content (AvgIpc) is 2.88. The number of anilines is 1. The Morgan fingerprint density at radius 3 is 2.31 bits per heavy atom. The highest BCUT2D eigenvalue weighted by atomic mass is 79.9. The largest absolute Gasteiger partial charge is 0.354 e. The van der Waals surface area contributed by atoms with E-state index in [2.05, 4.69) is 21.2 Å². The zero-order chi connectivity index (χ0) is 28.6. The second kappa shape index (κ2) is 14.0. The minimum atomic E-state index is -3.85. The van der Waals surface area contributed by atoms with Gasteiger partial charge in [-0.2, -0.15) is 0 Å². The molecule has 3 aromatic rings. The molecule has 39 heavy (non-hydrogen) atoms. The molecule has 0 saturated carbocycles. The van der Waals surface area contributed by atoms with Gasteiger partial charge in [-0.25, -0.2) is 8.42 Å². The SMILES string of the molecule is CCCNC(=O)[C@H](Cc1ccccc1)N(Cc1cccc(Br)c1)C(=O)CN(c1ccc(Cl)cc1C)S(C)(=O)=O. The van der Waals surface area contributed by atoms with Crippen molar-refractivity contribution >= 4 is 55.1 Å². The van der Waals surface area contributed by atoms with E-state index in [1.807, 2.05) is 61.5 Å². The van der Waals surface area contributed by atoms with E-state index in [4.69, 9.17) is 11.6 Å². The van der Waals surface area contributed by atoms with Gasteiger partial charge in [-0.3, -0.25) is 13.9 Å². The Balaban J connectivity index is 2.06. The van der Waals surface area contributed by atoms with Crippen LogP contribution in [0.4, 0.5) is 5.69 Å². The highest BCUT2D eigenvalue weighted by Gasteiger charge is 2.33. The Hall–Kier alpha value is -2.88. The van der Waals surface area contributed by atoms with Gasteiger partial charge in [0.15, 0.2) is 0 Å². The number of nitrogens with one attached hydrogen (secondary N) is 1. The van der Waals surface area contributed by atoms with Gasteiger partial charge in [0.25, 0.3) is 0 Å². The molecular weight excluding hydrogens is 602 g/mol. The summed E-state index contributed by atoms with van der Waals surface area (Å²) in [5.74, 6) is -0.792. The molecule has 0 aromatic heterocycles. The molecule has 7 nitrogen and oxygen atoms in total. The predicted octanol–water partition coefficient (Wildman–Crippen LogP) is 5.34. The Morgan fingerprint density at radius 1 is 1.00 bits per heavy atom. The molecule has 208 valence electrons. The van der Waals surface area contributed by atoms with Crippen LogP contribution in [0, 0.1) is 6.92 Å². The fraction of sp³-hybridized carbons (Fsp3) is 0.310. The van der Waals surface area contributed by atoms with Crippen molar-refractivity contribution < 1.29 is 18.0 Å². The van der Waals surface area contributed by atoms with Crippen LogP contribution in [0.15, 0.2) is 77.3 Å². The molecule has 0 heterocycles. The summed E-state index contributed by atoms with van der Waals surface area (Å²) in [4.78, 5) is 29.0. The van der Waals surface area contributed by atoms with Crippen LogP contribution in [0.5, 0.6) is 0 Å². The second-order valence-electron chi connectivity index (χ2n) is 9.35. The van der Waals surface area contributed by atoms with Crippen LogP contribution in [0.2, 0.25) is 5.02 Å². The summed E-state index contributed by atoms with van der Waals surface area (Å²) in [5, 5.41) is 3.39. The fourth-order valence-corrected chi connectivity index (χ4v) is 5.83. The number of carbonyl (C=O) groups is 2. The minimum absolute atomic E-state index is 0.118. The van der Waals surface area contributed by atoms with E-state index >= 15 is 0 Å². The van der Waals surface area contributed by atoms with E-state index in [0.717, 1.165) is 32.6 Å². The van der Waals surface area contributed by atoms with Gasteiger partial charge in [-0.05, 0) is 60.4 Å². The first-order chi connectivity index (χ1) is 18.5. The van der Waals surface area contributed by atoms with Crippen molar-refractivity contribution in [3.8, 4) is 0 Å². The van der Waals surface area contributed by atoms with Crippen LogP contribution >= 0.6 is 27.5 Å². The number of halogens is 2. The molecule has 0 aliphatic rings. The van der Waals surface area contributed by atoms with Crippen molar-refractivity contribution in [1.29, 1.82) is 0 Å². The highest BCUT2D eigenvalue weighted by Crippen LogP contribution is 2.26. The van der Waals surface area contributed by atoms with Crippen LogP contribution in [-0.4, -0.2) is 50.5 Å². The number of hydrogen-bond acceptors (Lipinski definition) is 4. The van der Waals surface area contributed by atoms with Gasteiger partial charge in [0.05, 0.1) is 11.9 Å². The van der Waals surface area contributed by atoms with Crippen molar-refractivity contribution in [1.82, 2.24) is 10.2 Å². The van der Waals surface area contributed by atoms with Crippen LogP contribution in [0.1, 0.15) is 30.0 Å². The van der Waals surface area contributed by atoms with Crippen molar-refractivity contribution in [2.45, 2.75) is 39.3 Å². The fourth-order valence-electron chi connectivity index (χ4n) is 4.25. The summed E-state index contributed by atoms with van der Waals surface area (Å²) in [5.41, 5.74) is 2.65. The number of nitrogens with zero attached hydrogens (tertiary/aromatic N) is 2. The zero-order valence-corrected chi connectivity index (χ0v) is 25.4. The molecule has 0 radical (unpaired) electrons. The number of rotatable bonds is 12. The van der Waals surface area contributed by atoms with Crippen molar-refractivity contribution in [2.24, 2.45) is 0 Å². The van der Waals surface area contributed by atoms with E-state index in [0.29, 0.717) is 22.8 Å². The van der Waals surface area contributed by atoms with Crippen molar-refractivity contribution in [2.75, 3.05) is 23.7 Å². The lowest BCUT2D eigenvalue weighted by Crippen LogP contribution is -2.53. The Bertz CT molecular complexity index is 1400. The van der Waals surface area contributed by atoms with Crippen molar-refractivity contribution in [3.05, 3.63) is 99.0 Å². The van der Waals surface area contributed by atoms with Gasteiger partial charge in [0.2, 0.25) is 21.8 Å². The molecule has 1 atom stereocenters. The van der Waals surface area contributed by atoms with Crippen LogP contribution in [0.25, 0.3) is 0 Å². The third kappa shape index (κ3) is 8.81. The van der Waals surface area contributed by atoms with Crippen LogP contribution in [0.3, 0.4) is 0 Å². The first kappa shape index (κ1) is 30.7. The molecule has 1 N–H and O–H groups in total. The highest BCUT2D eigenvalue weighted by molar-refractivity contribution is 9.10. The normalized spacial score (nSPS) is 12.0. The maximum atomic E-state index is 14.1. The van der Waals surface area contributed by atoms with E-state index in [9.17, 15) is 18.0 Å². The number of carbonyl (C=O) groups excluding carboxylic acids is 2. The Kier molecular flexibility index (Phi) is 11.0. The summed E-state index contributed by atoms with van der Waals surface area (Å²) in [6.45, 7) is 3.80. The quantitative estimate of drug-likeness (QED) is 0.291. The topological polar surface area (TPSA) is 86.8 Å². The zero-order valence-electron chi connectivity index (χ0n) is 22.2. The van der Waals surface area contributed by atoms with Crippen LogP contribution < -0.4 is 9.62 Å². The number of sulfonamides is 1. The number of amides is 2. The van der Waals surface area contributed by atoms with E-state index in [-0.39, 0.29) is 18.9 Å². The lowest BCUT2D eigenvalue weighted by atomic mass is 10.0. The Labute approximate surface area is 244 Å². The molecular formula is C29H33BrClN3O4S. The maximum absolute atomic E-state index is 14.1.